The highest BCUT2D eigenvalue weighted by Crippen LogP contribution is 2.55. The van der Waals surface area contributed by atoms with Crippen molar-refractivity contribution in [3.05, 3.63) is 127 Å². The van der Waals surface area contributed by atoms with E-state index in [0.29, 0.717) is 10.8 Å². The first-order chi connectivity index (χ1) is 24.0. The number of rotatable bonds is 7. The van der Waals surface area contributed by atoms with Crippen LogP contribution in [-0.2, 0) is 10.1 Å². The van der Waals surface area contributed by atoms with Crippen LogP contribution in [0.3, 0.4) is 0 Å². The predicted molar refractivity (Wildman–Crippen MR) is 178 cm³/mol. The fourth-order valence-corrected chi connectivity index (χ4v) is 7.19. The Bertz CT molecular complexity index is 2600. The van der Waals surface area contributed by atoms with Crippen LogP contribution in [0.25, 0.3) is 65.3 Å². The third-order valence-electron chi connectivity index (χ3n) is 8.71. The van der Waals surface area contributed by atoms with Crippen molar-refractivity contribution in [2.75, 3.05) is 0 Å². The van der Waals surface area contributed by atoms with E-state index in [0.717, 1.165) is 61.3 Å². The highest BCUT2D eigenvalue weighted by Gasteiger charge is 2.86. The molecular weight excluding hydrogens is 707 g/mol. The lowest BCUT2D eigenvalue weighted by atomic mass is 9.83. The lowest BCUT2D eigenvalue weighted by molar-refractivity contribution is -0.382. The van der Waals surface area contributed by atoms with Crippen LogP contribution in [0.2, 0.25) is 0 Å². The zero-order valence-corrected chi connectivity index (χ0v) is 26.5. The molecule has 0 aromatic heterocycles. The lowest BCUT2D eigenvalue weighted by Crippen LogP contribution is -2.63. The van der Waals surface area contributed by atoms with Crippen LogP contribution in [0.15, 0.2) is 127 Å². The lowest BCUT2D eigenvalue weighted by Gasteiger charge is -2.32. The molecular formula is C38H21F9O3S. The van der Waals surface area contributed by atoms with Crippen molar-refractivity contribution in [1.29, 1.82) is 0 Å². The summed E-state index contributed by atoms with van der Waals surface area (Å²) in [7, 11) is -7.13. The molecule has 0 aliphatic heterocycles. The van der Waals surface area contributed by atoms with Gasteiger partial charge >= 0.3 is 33.4 Å². The second kappa shape index (κ2) is 11.6. The van der Waals surface area contributed by atoms with Gasteiger partial charge in [0.15, 0.2) is 0 Å². The van der Waals surface area contributed by atoms with Crippen molar-refractivity contribution in [2.24, 2.45) is 0 Å². The number of alkyl halides is 9. The van der Waals surface area contributed by atoms with Gasteiger partial charge in [-0.25, -0.2) is 0 Å². The van der Waals surface area contributed by atoms with E-state index in [-0.39, 0.29) is 5.39 Å². The van der Waals surface area contributed by atoms with Crippen molar-refractivity contribution in [2.45, 2.75) is 23.3 Å². The fraction of sp³-hybridized carbons (Fsp3) is 0.105. The van der Waals surface area contributed by atoms with Gasteiger partial charge in [0.05, 0.1) is 0 Å². The number of fused-ring (bicyclic) bond motifs is 6. The fourth-order valence-electron chi connectivity index (χ4n) is 6.28. The molecule has 0 spiro atoms. The van der Waals surface area contributed by atoms with Crippen LogP contribution < -0.4 is 4.18 Å². The van der Waals surface area contributed by atoms with Gasteiger partial charge in [0, 0.05) is 0 Å². The van der Waals surface area contributed by atoms with Crippen molar-refractivity contribution in [1.82, 2.24) is 0 Å². The minimum Gasteiger partial charge on any atom is -0.378 e. The van der Waals surface area contributed by atoms with Crippen molar-refractivity contribution < 1.29 is 52.1 Å². The second-order valence-electron chi connectivity index (χ2n) is 11.8. The summed E-state index contributed by atoms with van der Waals surface area (Å²) < 4.78 is 151. The highest BCUT2D eigenvalue weighted by atomic mass is 32.2. The number of hydrogen-bond acceptors (Lipinski definition) is 3. The summed E-state index contributed by atoms with van der Waals surface area (Å²) in [5, 5.41) is -1.34. The Hall–Kier alpha value is -5.30. The first-order valence-electron chi connectivity index (χ1n) is 15.1. The predicted octanol–water partition coefficient (Wildman–Crippen LogP) is 11.8. The molecule has 0 amide bonds. The van der Waals surface area contributed by atoms with E-state index in [1.807, 2.05) is 97.1 Å². The number of halogens is 9. The molecule has 0 fully saturated rings. The van der Waals surface area contributed by atoms with Gasteiger partial charge < -0.3 is 4.18 Å². The monoisotopic (exact) mass is 728 g/mol. The molecule has 3 nitrogen and oxygen atoms in total. The molecule has 7 aromatic carbocycles. The van der Waals surface area contributed by atoms with Crippen molar-refractivity contribution >= 4 is 53.2 Å². The smallest absolute Gasteiger partial charge is 0.378 e. The topological polar surface area (TPSA) is 43.4 Å². The summed E-state index contributed by atoms with van der Waals surface area (Å²) in [5.41, 5.74) is 3.21. The molecule has 0 saturated heterocycles. The van der Waals surface area contributed by atoms with Crippen LogP contribution in [-0.4, -0.2) is 31.7 Å². The molecule has 0 aliphatic rings. The van der Waals surface area contributed by atoms with Crippen molar-refractivity contribution in [3.8, 4) is 28.0 Å². The van der Waals surface area contributed by atoms with E-state index in [1.54, 1.807) is 6.07 Å². The largest absolute Gasteiger partial charge is 0.460 e. The zero-order valence-electron chi connectivity index (χ0n) is 25.7. The molecule has 260 valence electrons. The summed E-state index contributed by atoms with van der Waals surface area (Å²) in [5.74, 6) is -15.9. The van der Waals surface area contributed by atoms with Crippen molar-refractivity contribution in [3.63, 3.8) is 0 Å². The summed E-state index contributed by atoms with van der Waals surface area (Å²) in [6.45, 7) is 0. The Labute approximate surface area is 283 Å². The normalized spacial score (nSPS) is 13.4. The average Bonchev–Trinajstić information content (AvgIpc) is 3.10. The molecule has 51 heavy (non-hydrogen) atoms. The van der Waals surface area contributed by atoms with Crippen LogP contribution in [0.1, 0.15) is 0 Å². The van der Waals surface area contributed by atoms with Crippen LogP contribution in [0.5, 0.6) is 5.75 Å². The third-order valence-corrected chi connectivity index (χ3v) is 10.0. The SMILES string of the molecule is O=S(=O)(Oc1ccc2c(ccc3c4ccccc4c(-c4ccc5ccccc5c4)c(-c4ccccc4)c23)c1)C(F)(F)C(F)(F)C(F)(F)C(F)(F)F. The minimum atomic E-state index is -7.42. The minimum absolute atomic E-state index is 0.155. The van der Waals surface area contributed by atoms with E-state index >= 15 is 0 Å². The van der Waals surface area contributed by atoms with E-state index in [2.05, 4.69) is 4.18 Å². The molecule has 0 aliphatic carbocycles. The molecule has 0 radical (unpaired) electrons. The average molecular weight is 729 g/mol. The quantitative estimate of drug-likeness (QED) is 0.0932. The molecule has 0 saturated carbocycles. The Morgan fingerprint density at radius 2 is 1.04 bits per heavy atom. The molecule has 0 unspecified atom stereocenters. The van der Waals surface area contributed by atoms with Gasteiger partial charge in [-0.15, -0.1) is 0 Å². The van der Waals surface area contributed by atoms with Gasteiger partial charge in [-0.2, -0.15) is 47.9 Å². The third kappa shape index (κ3) is 5.24. The Kier molecular flexibility index (Phi) is 7.79. The molecule has 7 aromatic rings. The van der Waals surface area contributed by atoms with Crippen LogP contribution >= 0.6 is 0 Å². The molecule has 13 heteroatoms. The number of benzene rings is 7. The van der Waals surface area contributed by atoms with Gasteiger partial charge in [-0.1, -0.05) is 103 Å². The summed E-state index contributed by atoms with van der Waals surface area (Å²) >= 11 is 0. The Morgan fingerprint density at radius 3 is 1.73 bits per heavy atom. The summed E-state index contributed by atoms with van der Waals surface area (Å²) in [6, 6.07) is 36.8. The van der Waals surface area contributed by atoms with Crippen LogP contribution in [0, 0.1) is 0 Å². The standard InChI is InChI=1S/C38H21F9O3S/c39-35(40,37(43,44)45)36(41,42)38(46,47)51(48,49)50-27-17-19-28-25(21-27)16-18-31-29-12-6-7-13-30(29)32(33(34(28)31)23-9-2-1-3-10-23)26-15-14-22-8-4-5-11-24(22)20-26/h1-21H. The summed E-state index contributed by atoms with van der Waals surface area (Å²) in [6.07, 6.45) is -7.20. The molecule has 0 atom stereocenters. The number of hydrogen-bond donors (Lipinski definition) is 0. The molecule has 0 N–H and O–H groups in total. The molecule has 0 heterocycles. The summed E-state index contributed by atoms with van der Waals surface area (Å²) in [4.78, 5) is 0. The second-order valence-corrected chi connectivity index (χ2v) is 13.4. The molecule has 7 rings (SSSR count). The van der Waals surface area contributed by atoms with Crippen LogP contribution in [0.4, 0.5) is 39.5 Å². The molecule has 0 bridgehead atoms. The van der Waals surface area contributed by atoms with Gasteiger partial charge in [-0.3, -0.25) is 0 Å². The van der Waals surface area contributed by atoms with Gasteiger partial charge in [-0.05, 0) is 89.6 Å². The maximum atomic E-state index is 14.5. The zero-order chi connectivity index (χ0) is 36.6. The maximum absolute atomic E-state index is 14.5. The Morgan fingerprint density at radius 1 is 0.451 bits per heavy atom. The van der Waals surface area contributed by atoms with Gasteiger partial charge in [0.25, 0.3) is 0 Å². The first kappa shape index (κ1) is 34.2. The van der Waals surface area contributed by atoms with Gasteiger partial charge in [0.1, 0.15) is 5.75 Å². The van der Waals surface area contributed by atoms with Gasteiger partial charge in [0.2, 0.25) is 0 Å². The van der Waals surface area contributed by atoms with E-state index in [1.165, 1.54) is 12.1 Å². The van der Waals surface area contributed by atoms with E-state index < -0.39 is 39.1 Å². The first-order valence-corrected chi connectivity index (χ1v) is 16.5. The highest BCUT2D eigenvalue weighted by molar-refractivity contribution is 7.88. The Balaban J connectivity index is 1.46. The van der Waals surface area contributed by atoms with E-state index in [9.17, 15) is 47.9 Å². The maximum Gasteiger partial charge on any atom is 0.460 e. The van der Waals surface area contributed by atoms with E-state index in [4.69, 9.17) is 0 Å².